The Labute approximate surface area is 165 Å². The number of rotatable bonds is 7. The van der Waals surface area contributed by atoms with Crippen LogP contribution in [0.5, 0.6) is 5.75 Å². The first-order chi connectivity index (χ1) is 13.5. The molecule has 3 aromatic rings. The minimum Gasteiger partial charge on any atom is -0.491 e. The van der Waals surface area contributed by atoms with E-state index in [1.165, 1.54) is 0 Å². The van der Waals surface area contributed by atoms with Crippen LogP contribution in [0.15, 0.2) is 72.9 Å². The fourth-order valence-corrected chi connectivity index (χ4v) is 2.78. The molecule has 5 nitrogen and oxygen atoms in total. The van der Waals surface area contributed by atoms with Gasteiger partial charge < -0.3 is 15.4 Å². The van der Waals surface area contributed by atoms with E-state index in [9.17, 15) is 4.79 Å². The molecular weight excluding hydrogens is 350 g/mol. The van der Waals surface area contributed by atoms with Crippen molar-refractivity contribution >= 4 is 17.3 Å². The fourth-order valence-electron chi connectivity index (χ4n) is 2.78. The summed E-state index contributed by atoms with van der Waals surface area (Å²) in [4.78, 5) is 16.8. The van der Waals surface area contributed by atoms with E-state index in [0.29, 0.717) is 5.69 Å². The van der Waals surface area contributed by atoms with Crippen LogP contribution in [-0.4, -0.2) is 17.0 Å². The van der Waals surface area contributed by atoms with Crippen LogP contribution in [0, 0.1) is 0 Å². The van der Waals surface area contributed by atoms with E-state index in [0.717, 1.165) is 22.7 Å². The quantitative estimate of drug-likeness (QED) is 0.603. The molecule has 0 fully saturated rings. The second-order valence-corrected chi connectivity index (χ2v) is 6.85. The third kappa shape index (κ3) is 5.33. The van der Waals surface area contributed by atoms with Gasteiger partial charge in [0.05, 0.1) is 12.1 Å². The first kappa shape index (κ1) is 19.4. The molecule has 0 radical (unpaired) electrons. The van der Waals surface area contributed by atoms with Gasteiger partial charge >= 0.3 is 0 Å². The van der Waals surface area contributed by atoms with Gasteiger partial charge in [0.25, 0.3) is 5.91 Å². The summed E-state index contributed by atoms with van der Waals surface area (Å²) < 4.78 is 5.65. The van der Waals surface area contributed by atoms with Crippen LogP contribution < -0.4 is 15.4 Å². The van der Waals surface area contributed by atoms with E-state index in [1.807, 2.05) is 81.4 Å². The van der Waals surface area contributed by atoms with Crippen molar-refractivity contribution in [3.8, 4) is 5.75 Å². The number of anilines is 2. The van der Waals surface area contributed by atoms with E-state index in [4.69, 9.17) is 4.74 Å². The number of carbonyl (C=O) groups excluding carboxylic acids is 1. The number of pyridine rings is 1. The Hall–Kier alpha value is -3.34. The van der Waals surface area contributed by atoms with Crippen molar-refractivity contribution in [2.45, 2.75) is 32.9 Å². The van der Waals surface area contributed by atoms with E-state index < -0.39 is 0 Å². The number of benzene rings is 2. The van der Waals surface area contributed by atoms with Gasteiger partial charge in [0.1, 0.15) is 11.4 Å². The van der Waals surface area contributed by atoms with E-state index in [1.54, 1.807) is 12.3 Å². The van der Waals surface area contributed by atoms with Gasteiger partial charge in [-0.25, -0.2) is 0 Å². The number of ether oxygens (including phenoxy) is 1. The lowest BCUT2D eigenvalue weighted by molar-refractivity contribution is 0.0935. The maximum atomic E-state index is 12.6. The Kier molecular flexibility index (Phi) is 6.27. The van der Waals surface area contributed by atoms with Gasteiger partial charge in [-0.3, -0.25) is 9.78 Å². The minimum atomic E-state index is -0.208. The lowest BCUT2D eigenvalue weighted by Crippen LogP contribution is -2.27. The Balaban J connectivity index is 1.65. The maximum Gasteiger partial charge on any atom is 0.270 e. The number of hydrogen-bond donors (Lipinski definition) is 2. The second-order valence-electron chi connectivity index (χ2n) is 6.85. The molecule has 0 spiro atoms. The summed E-state index contributed by atoms with van der Waals surface area (Å²) in [5, 5.41) is 6.27. The number of nitrogens with one attached hydrogen (secondary N) is 2. The van der Waals surface area contributed by atoms with Gasteiger partial charge in [0, 0.05) is 17.6 Å². The summed E-state index contributed by atoms with van der Waals surface area (Å²) in [5.74, 6) is 0.617. The average Bonchev–Trinajstić information content (AvgIpc) is 2.70. The molecule has 1 heterocycles. The molecule has 1 amide bonds. The molecule has 0 saturated carbocycles. The van der Waals surface area contributed by atoms with Gasteiger partial charge in [-0.15, -0.1) is 0 Å². The molecule has 144 valence electrons. The van der Waals surface area contributed by atoms with Crippen molar-refractivity contribution < 1.29 is 9.53 Å². The van der Waals surface area contributed by atoms with Crippen molar-refractivity contribution in [1.82, 2.24) is 10.3 Å². The second kappa shape index (κ2) is 9.04. The molecule has 0 aliphatic carbocycles. The summed E-state index contributed by atoms with van der Waals surface area (Å²) in [7, 11) is 0. The molecule has 2 N–H and O–H groups in total. The summed E-state index contributed by atoms with van der Waals surface area (Å²) in [6, 6.07) is 21.0. The van der Waals surface area contributed by atoms with Gasteiger partial charge in [-0.05, 0) is 62.7 Å². The Bertz CT molecular complexity index is 909. The molecule has 0 saturated heterocycles. The maximum absolute atomic E-state index is 12.6. The van der Waals surface area contributed by atoms with Crippen molar-refractivity contribution in [3.05, 3.63) is 84.2 Å². The molecule has 28 heavy (non-hydrogen) atoms. The van der Waals surface area contributed by atoms with Crippen molar-refractivity contribution in [2.75, 3.05) is 5.32 Å². The highest BCUT2D eigenvalue weighted by atomic mass is 16.5. The number of carbonyl (C=O) groups is 1. The highest BCUT2D eigenvalue weighted by Crippen LogP contribution is 2.21. The van der Waals surface area contributed by atoms with E-state index in [2.05, 4.69) is 15.6 Å². The van der Waals surface area contributed by atoms with Gasteiger partial charge in [0.2, 0.25) is 0 Å². The Morgan fingerprint density at radius 2 is 1.64 bits per heavy atom. The lowest BCUT2D eigenvalue weighted by atomic mass is 10.1. The Morgan fingerprint density at radius 1 is 0.929 bits per heavy atom. The smallest absolute Gasteiger partial charge is 0.270 e. The predicted molar refractivity (Wildman–Crippen MR) is 112 cm³/mol. The van der Waals surface area contributed by atoms with Crippen molar-refractivity contribution in [1.29, 1.82) is 0 Å². The van der Waals surface area contributed by atoms with Crippen LogP contribution >= 0.6 is 0 Å². The first-order valence-electron chi connectivity index (χ1n) is 9.37. The zero-order valence-corrected chi connectivity index (χ0v) is 16.3. The predicted octanol–water partition coefficient (Wildman–Crippen LogP) is 5.10. The fraction of sp³-hybridized carbons (Fsp3) is 0.217. The number of nitrogens with zero attached hydrogens (tertiary/aromatic N) is 1. The number of hydrogen-bond acceptors (Lipinski definition) is 4. The van der Waals surface area contributed by atoms with Crippen LogP contribution in [-0.2, 0) is 0 Å². The van der Waals surface area contributed by atoms with Crippen LogP contribution in [0.1, 0.15) is 42.9 Å². The van der Waals surface area contributed by atoms with Gasteiger partial charge in [-0.2, -0.15) is 0 Å². The normalized spacial score (nSPS) is 11.7. The Morgan fingerprint density at radius 3 is 2.32 bits per heavy atom. The zero-order chi connectivity index (χ0) is 19.9. The summed E-state index contributed by atoms with van der Waals surface area (Å²) in [6.07, 6.45) is 1.76. The SMILES string of the molecule is CC(C)Oc1ccc(Nc2ccnc(C(=O)NC(C)c3ccccc3)c2)cc1. The lowest BCUT2D eigenvalue weighted by Gasteiger charge is -2.14. The number of aromatic nitrogens is 1. The van der Waals surface area contributed by atoms with Crippen LogP contribution in [0.2, 0.25) is 0 Å². The monoisotopic (exact) mass is 375 g/mol. The summed E-state index contributed by atoms with van der Waals surface area (Å²) in [6.45, 7) is 5.94. The average molecular weight is 375 g/mol. The van der Waals surface area contributed by atoms with Gasteiger partial charge in [0.15, 0.2) is 0 Å². The third-order valence-corrected chi connectivity index (χ3v) is 4.15. The molecule has 5 heteroatoms. The largest absolute Gasteiger partial charge is 0.491 e. The molecule has 0 bridgehead atoms. The highest BCUT2D eigenvalue weighted by Gasteiger charge is 2.13. The van der Waals surface area contributed by atoms with Crippen LogP contribution in [0.3, 0.4) is 0 Å². The standard InChI is InChI=1S/C23H25N3O2/c1-16(2)28-21-11-9-19(10-12-21)26-20-13-14-24-22(15-20)23(27)25-17(3)18-7-5-4-6-8-18/h4-17H,1-3H3,(H,24,26)(H,25,27). The molecule has 1 unspecified atom stereocenters. The summed E-state index contributed by atoms with van der Waals surface area (Å²) in [5.41, 5.74) is 3.12. The molecule has 0 aliphatic rings. The highest BCUT2D eigenvalue weighted by molar-refractivity contribution is 5.93. The zero-order valence-electron chi connectivity index (χ0n) is 16.3. The molecule has 2 aromatic carbocycles. The van der Waals surface area contributed by atoms with Crippen molar-refractivity contribution in [2.24, 2.45) is 0 Å². The van der Waals surface area contributed by atoms with Crippen LogP contribution in [0.25, 0.3) is 0 Å². The first-order valence-corrected chi connectivity index (χ1v) is 9.37. The minimum absolute atomic E-state index is 0.0967. The van der Waals surface area contributed by atoms with Crippen LogP contribution in [0.4, 0.5) is 11.4 Å². The van der Waals surface area contributed by atoms with Crippen molar-refractivity contribution in [3.63, 3.8) is 0 Å². The van der Waals surface area contributed by atoms with E-state index >= 15 is 0 Å². The molecule has 3 rings (SSSR count). The van der Waals surface area contributed by atoms with E-state index in [-0.39, 0.29) is 18.1 Å². The van der Waals surface area contributed by atoms with Gasteiger partial charge in [-0.1, -0.05) is 30.3 Å². The number of amides is 1. The summed E-state index contributed by atoms with van der Waals surface area (Å²) >= 11 is 0. The topological polar surface area (TPSA) is 63.2 Å². The molecular formula is C23H25N3O2. The third-order valence-electron chi connectivity index (χ3n) is 4.15. The molecule has 1 aromatic heterocycles. The molecule has 1 atom stereocenters. The molecule has 0 aliphatic heterocycles.